The Bertz CT molecular complexity index is 344. The van der Waals surface area contributed by atoms with Crippen molar-refractivity contribution in [3.63, 3.8) is 0 Å². The van der Waals surface area contributed by atoms with E-state index in [2.05, 4.69) is 5.32 Å². The maximum Gasteiger partial charge on any atom is 0.194 e. The second-order valence-corrected chi connectivity index (χ2v) is 3.25. The Hall–Kier alpha value is -1.07. The largest absolute Gasteiger partial charge is 0.391 e. The number of benzene rings is 1. The van der Waals surface area contributed by atoms with Crippen LogP contribution in [0.2, 0.25) is 0 Å². The van der Waals surface area contributed by atoms with Crippen molar-refractivity contribution in [1.29, 1.82) is 0 Å². The van der Waals surface area contributed by atoms with Gasteiger partial charge in [0.05, 0.1) is 6.10 Å². The highest BCUT2D eigenvalue weighted by Crippen LogP contribution is 2.16. The number of hydrogen-bond acceptors (Lipinski definition) is 2. The van der Waals surface area contributed by atoms with Gasteiger partial charge in [-0.15, -0.1) is 0 Å². The predicted octanol–water partition coefficient (Wildman–Crippen LogP) is 1.23. The molecule has 0 spiro atoms. The van der Waals surface area contributed by atoms with E-state index in [1.165, 1.54) is 0 Å². The molecule has 1 unspecified atom stereocenters. The standard InChI is InChI=1S/C10H12F3NO/c1-14-5-7(15)4-6-2-3-8(11)10(13)9(6)12/h2-3,7,14-15H,4-5H2,1H3. The molecule has 5 heteroatoms. The van der Waals surface area contributed by atoms with Gasteiger partial charge in [-0.2, -0.15) is 0 Å². The molecule has 0 aliphatic heterocycles. The van der Waals surface area contributed by atoms with E-state index in [-0.39, 0.29) is 18.5 Å². The lowest BCUT2D eigenvalue weighted by Gasteiger charge is -2.10. The Kier molecular flexibility index (Phi) is 4.11. The summed E-state index contributed by atoms with van der Waals surface area (Å²) in [6, 6.07) is 1.98. The Morgan fingerprint density at radius 1 is 1.27 bits per heavy atom. The van der Waals surface area contributed by atoms with Crippen LogP contribution in [0.3, 0.4) is 0 Å². The molecule has 0 saturated heterocycles. The van der Waals surface area contributed by atoms with Crippen LogP contribution in [0.5, 0.6) is 0 Å². The summed E-state index contributed by atoms with van der Waals surface area (Å²) in [5, 5.41) is 12.0. The van der Waals surface area contributed by atoms with E-state index in [1.807, 2.05) is 0 Å². The van der Waals surface area contributed by atoms with Gasteiger partial charge >= 0.3 is 0 Å². The molecular formula is C10H12F3NO. The highest BCUT2D eigenvalue weighted by atomic mass is 19.2. The number of nitrogens with one attached hydrogen (secondary N) is 1. The monoisotopic (exact) mass is 219 g/mol. The van der Waals surface area contributed by atoms with E-state index < -0.39 is 23.6 Å². The molecule has 0 fully saturated rings. The topological polar surface area (TPSA) is 32.3 Å². The first kappa shape index (κ1) is 12.0. The van der Waals surface area contributed by atoms with Crippen LogP contribution in [0.15, 0.2) is 12.1 Å². The molecule has 0 aliphatic carbocycles. The summed E-state index contributed by atoms with van der Waals surface area (Å²) < 4.78 is 38.5. The average molecular weight is 219 g/mol. The Balaban J connectivity index is 2.82. The number of rotatable bonds is 4. The Morgan fingerprint density at radius 2 is 1.93 bits per heavy atom. The minimum absolute atomic E-state index is 0.0309. The summed E-state index contributed by atoms with van der Waals surface area (Å²) in [5.74, 6) is -3.95. The highest BCUT2D eigenvalue weighted by molar-refractivity contribution is 5.21. The van der Waals surface area contributed by atoms with Gasteiger partial charge in [-0.1, -0.05) is 6.07 Å². The van der Waals surface area contributed by atoms with Crippen molar-refractivity contribution in [2.24, 2.45) is 0 Å². The normalized spacial score (nSPS) is 12.9. The molecule has 2 N–H and O–H groups in total. The van der Waals surface area contributed by atoms with Crippen LogP contribution in [-0.4, -0.2) is 24.8 Å². The first-order valence-electron chi connectivity index (χ1n) is 4.51. The molecule has 1 aromatic carbocycles. The number of aliphatic hydroxyl groups is 1. The minimum atomic E-state index is -1.50. The first-order chi connectivity index (χ1) is 7.06. The van der Waals surface area contributed by atoms with Crippen LogP contribution in [-0.2, 0) is 6.42 Å². The summed E-state index contributed by atoms with van der Waals surface area (Å²) in [6.45, 7) is 0.262. The van der Waals surface area contributed by atoms with Crippen LogP contribution in [0, 0.1) is 17.5 Å². The fourth-order valence-corrected chi connectivity index (χ4v) is 1.29. The predicted molar refractivity (Wildman–Crippen MR) is 50.0 cm³/mol. The zero-order chi connectivity index (χ0) is 11.4. The molecular weight excluding hydrogens is 207 g/mol. The fraction of sp³-hybridized carbons (Fsp3) is 0.400. The number of halogens is 3. The molecule has 0 aliphatic rings. The van der Waals surface area contributed by atoms with E-state index in [0.717, 1.165) is 12.1 Å². The van der Waals surface area contributed by atoms with Crippen molar-refractivity contribution in [1.82, 2.24) is 5.32 Å². The summed E-state index contributed by atoms with van der Waals surface area (Å²) in [4.78, 5) is 0. The molecule has 1 rings (SSSR count). The molecule has 0 aromatic heterocycles. The lowest BCUT2D eigenvalue weighted by atomic mass is 10.1. The van der Waals surface area contributed by atoms with Crippen molar-refractivity contribution >= 4 is 0 Å². The van der Waals surface area contributed by atoms with Crippen molar-refractivity contribution in [2.75, 3.05) is 13.6 Å². The van der Waals surface area contributed by atoms with Gasteiger partial charge in [0.25, 0.3) is 0 Å². The highest BCUT2D eigenvalue weighted by Gasteiger charge is 2.15. The van der Waals surface area contributed by atoms with Gasteiger partial charge in [0, 0.05) is 13.0 Å². The van der Waals surface area contributed by atoms with Crippen LogP contribution >= 0.6 is 0 Å². The minimum Gasteiger partial charge on any atom is -0.391 e. The van der Waals surface area contributed by atoms with Crippen molar-refractivity contribution in [3.05, 3.63) is 35.1 Å². The van der Waals surface area contributed by atoms with E-state index in [0.29, 0.717) is 0 Å². The third-order valence-electron chi connectivity index (χ3n) is 2.01. The molecule has 1 aromatic rings. The van der Waals surface area contributed by atoms with Gasteiger partial charge in [-0.05, 0) is 18.7 Å². The van der Waals surface area contributed by atoms with E-state index in [4.69, 9.17) is 0 Å². The van der Waals surface area contributed by atoms with Crippen molar-refractivity contribution in [3.8, 4) is 0 Å². The fourth-order valence-electron chi connectivity index (χ4n) is 1.29. The van der Waals surface area contributed by atoms with Crippen molar-refractivity contribution in [2.45, 2.75) is 12.5 Å². The van der Waals surface area contributed by atoms with Crippen LogP contribution in [0.1, 0.15) is 5.56 Å². The lowest BCUT2D eigenvalue weighted by molar-refractivity contribution is 0.173. The average Bonchev–Trinajstić information content (AvgIpc) is 2.20. The van der Waals surface area contributed by atoms with Gasteiger partial charge < -0.3 is 10.4 Å². The zero-order valence-electron chi connectivity index (χ0n) is 8.23. The lowest BCUT2D eigenvalue weighted by Crippen LogP contribution is -2.25. The molecule has 0 heterocycles. The SMILES string of the molecule is CNCC(O)Cc1ccc(F)c(F)c1F. The van der Waals surface area contributed by atoms with Gasteiger partial charge in [0.1, 0.15) is 0 Å². The van der Waals surface area contributed by atoms with E-state index in [1.54, 1.807) is 7.05 Å². The maximum atomic E-state index is 13.1. The molecule has 1 atom stereocenters. The van der Waals surface area contributed by atoms with Crippen LogP contribution < -0.4 is 5.32 Å². The Morgan fingerprint density at radius 3 is 2.53 bits per heavy atom. The van der Waals surface area contributed by atoms with E-state index >= 15 is 0 Å². The molecule has 0 amide bonds. The summed E-state index contributed by atoms with van der Waals surface area (Å²) in [7, 11) is 1.63. The molecule has 84 valence electrons. The van der Waals surface area contributed by atoms with Crippen LogP contribution in [0.4, 0.5) is 13.2 Å². The molecule has 0 bridgehead atoms. The maximum absolute atomic E-state index is 13.1. The Labute approximate surface area is 85.7 Å². The van der Waals surface area contributed by atoms with E-state index in [9.17, 15) is 18.3 Å². The number of hydrogen-bond donors (Lipinski definition) is 2. The quantitative estimate of drug-likeness (QED) is 0.746. The van der Waals surface area contributed by atoms with Gasteiger partial charge in [-0.3, -0.25) is 0 Å². The summed E-state index contributed by atoms with van der Waals surface area (Å²) in [5.41, 5.74) is -0.0309. The third-order valence-corrected chi connectivity index (χ3v) is 2.01. The van der Waals surface area contributed by atoms with Gasteiger partial charge in [-0.25, -0.2) is 13.2 Å². The molecule has 2 nitrogen and oxygen atoms in total. The van der Waals surface area contributed by atoms with Gasteiger partial charge in [0.2, 0.25) is 0 Å². The zero-order valence-corrected chi connectivity index (χ0v) is 8.23. The summed E-state index contributed by atoms with van der Waals surface area (Å²) in [6.07, 6.45) is -0.876. The van der Waals surface area contributed by atoms with Gasteiger partial charge in [0.15, 0.2) is 17.5 Å². The van der Waals surface area contributed by atoms with Crippen molar-refractivity contribution < 1.29 is 18.3 Å². The smallest absolute Gasteiger partial charge is 0.194 e. The molecule has 15 heavy (non-hydrogen) atoms. The number of aliphatic hydroxyl groups excluding tert-OH is 1. The molecule has 0 radical (unpaired) electrons. The second-order valence-electron chi connectivity index (χ2n) is 3.25. The first-order valence-corrected chi connectivity index (χ1v) is 4.51. The summed E-state index contributed by atoms with van der Waals surface area (Å²) >= 11 is 0. The molecule has 0 saturated carbocycles. The third kappa shape index (κ3) is 2.94. The van der Waals surface area contributed by atoms with Crippen LogP contribution in [0.25, 0.3) is 0 Å². The number of likely N-dealkylation sites (N-methyl/N-ethyl adjacent to an activating group) is 1. The second kappa shape index (κ2) is 5.14.